The highest BCUT2D eigenvalue weighted by Gasteiger charge is 2.24. The number of imidazole rings is 1. The van der Waals surface area contributed by atoms with Gasteiger partial charge in [0.15, 0.2) is 0 Å². The molecule has 1 saturated heterocycles. The first kappa shape index (κ1) is 22.0. The molecule has 2 aromatic heterocycles. The van der Waals surface area contributed by atoms with Crippen LogP contribution in [0.15, 0.2) is 30.3 Å². The molecule has 172 valence electrons. The Morgan fingerprint density at radius 2 is 1.73 bits per heavy atom. The van der Waals surface area contributed by atoms with Crippen LogP contribution in [0.1, 0.15) is 47.3 Å². The minimum Gasteiger partial charge on any atom is -0.342 e. The molecule has 0 amide bonds. The molecule has 5 rings (SSSR count). The first-order chi connectivity index (χ1) is 15.8. The Hall–Kier alpha value is -2.79. The fourth-order valence-corrected chi connectivity index (χ4v) is 5.32. The number of anilines is 1. The highest BCUT2D eigenvalue weighted by molar-refractivity contribution is 6.31. The normalized spacial score (nSPS) is 14.4. The average molecular weight is 462 g/mol. The Labute approximate surface area is 201 Å². The van der Waals surface area contributed by atoms with Gasteiger partial charge in [-0.15, -0.1) is 0 Å². The summed E-state index contributed by atoms with van der Waals surface area (Å²) in [7, 11) is 2.01. The average Bonchev–Trinajstić information content (AvgIpc) is 3.27. The van der Waals surface area contributed by atoms with Gasteiger partial charge in [0.25, 0.3) is 0 Å². The molecule has 1 fully saturated rings. The van der Waals surface area contributed by atoms with Crippen molar-refractivity contribution >= 4 is 28.6 Å². The maximum absolute atomic E-state index is 6.48. The van der Waals surface area contributed by atoms with Gasteiger partial charge in [-0.2, -0.15) is 5.10 Å². The van der Waals surface area contributed by atoms with Gasteiger partial charge >= 0.3 is 0 Å². The zero-order valence-electron chi connectivity index (χ0n) is 20.2. The predicted molar refractivity (Wildman–Crippen MR) is 138 cm³/mol. The van der Waals surface area contributed by atoms with Crippen molar-refractivity contribution in [1.29, 1.82) is 0 Å². The van der Waals surface area contributed by atoms with Gasteiger partial charge in [-0.05, 0) is 81.8 Å². The Morgan fingerprint density at radius 3 is 2.39 bits per heavy atom. The largest absolute Gasteiger partial charge is 0.342 e. The van der Waals surface area contributed by atoms with Crippen LogP contribution in [0.5, 0.6) is 0 Å². The van der Waals surface area contributed by atoms with Gasteiger partial charge in [-0.25, -0.2) is 4.98 Å². The van der Waals surface area contributed by atoms with E-state index in [2.05, 4.69) is 65.7 Å². The minimum atomic E-state index is 0.746. The van der Waals surface area contributed by atoms with Gasteiger partial charge < -0.3 is 9.47 Å². The van der Waals surface area contributed by atoms with Crippen LogP contribution in [0.4, 0.5) is 5.95 Å². The maximum Gasteiger partial charge on any atom is 0.206 e. The monoisotopic (exact) mass is 461 g/mol. The summed E-state index contributed by atoms with van der Waals surface area (Å²) in [6.45, 7) is 11.3. The molecule has 0 N–H and O–H groups in total. The van der Waals surface area contributed by atoms with E-state index in [1.54, 1.807) is 0 Å². The number of aryl methyl sites for hydroxylation is 4. The summed E-state index contributed by atoms with van der Waals surface area (Å²) in [6, 6.07) is 10.9. The van der Waals surface area contributed by atoms with E-state index >= 15 is 0 Å². The zero-order chi connectivity index (χ0) is 23.3. The van der Waals surface area contributed by atoms with Gasteiger partial charge in [-0.3, -0.25) is 4.68 Å². The number of benzene rings is 2. The predicted octanol–water partition coefficient (Wildman–Crippen LogP) is 6.36. The Balaban J connectivity index is 1.74. The van der Waals surface area contributed by atoms with Crippen molar-refractivity contribution in [3.63, 3.8) is 0 Å². The topological polar surface area (TPSA) is 38.9 Å². The van der Waals surface area contributed by atoms with Crippen molar-refractivity contribution in [2.45, 2.75) is 53.5 Å². The third kappa shape index (κ3) is 3.93. The van der Waals surface area contributed by atoms with Crippen LogP contribution in [0.2, 0.25) is 5.02 Å². The molecule has 1 aliphatic rings. The molecule has 3 heterocycles. The number of hydrogen-bond acceptors (Lipinski definition) is 3. The number of halogens is 1. The molecule has 6 heteroatoms. The minimum absolute atomic E-state index is 0.746. The van der Waals surface area contributed by atoms with Crippen LogP contribution >= 0.6 is 11.6 Å². The fourth-order valence-electron chi connectivity index (χ4n) is 5.11. The Bertz CT molecular complexity index is 1340. The third-order valence-electron chi connectivity index (χ3n) is 6.97. The summed E-state index contributed by atoms with van der Waals surface area (Å²) in [4.78, 5) is 7.76. The lowest BCUT2D eigenvalue weighted by Gasteiger charge is -2.28. The van der Waals surface area contributed by atoms with Gasteiger partial charge in [-0.1, -0.05) is 23.7 Å². The second kappa shape index (κ2) is 8.53. The first-order valence-electron chi connectivity index (χ1n) is 11.8. The fraction of sp³-hybridized carbons (Fsp3) is 0.407. The molecule has 0 atom stereocenters. The quantitative estimate of drug-likeness (QED) is 0.354. The molecule has 4 aromatic rings. The van der Waals surface area contributed by atoms with Crippen molar-refractivity contribution in [2.24, 2.45) is 7.05 Å². The molecule has 0 saturated carbocycles. The van der Waals surface area contributed by atoms with Crippen molar-refractivity contribution in [3.8, 4) is 11.1 Å². The Morgan fingerprint density at radius 1 is 0.970 bits per heavy atom. The standard InChI is InChI=1S/C27H32ClN5/c1-17-13-22(25-19(3)30-31(5)20(25)4)26-24(14-17)33(16-21-10-9-18(2)23(28)15-21)27(29-26)32-11-7-6-8-12-32/h9-10,13-15H,6-8,11-12,16H2,1-5H3. The van der Waals surface area contributed by atoms with Gasteiger partial charge in [0.1, 0.15) is 0 Å². The third-order valence-corrected chi connectivity index (χ3v) is 7.38. The van der Waals surface area contributed by atoms with Crippen LogP contribution in [0.3, 0.4) is 0 Å². The number of nitrogens with zero attached hydrogens (tertiary/aromatic N) is 5. The van der Waals surface area contributed by atoms with Crippen LogP contribution in [0.25, 0.3) is 22.2 Å². The summed E-state index contributed by atoms with van der Waals surface area (Å²) in [6.07, 6.45) is 3.72. The van der Waals surface area contributed by atoms with Gasteiger partial charge in [0, 0.05) is 42.0 Å². The molecule has 0 aliphatic carbocycles. The first-order valence-corrected chi connectivity index (χ1v) is 12.2. The van der Waals surface area contributed by atoms with E-state index in [0.29, 0.717) is 0 Å². The Kier molecular flexibility index (Phi) is 5.69. The summed E-state index contributed by atoms with van der Waals surface area (Å²) in [5.41, 5.74) is 10.3. The van der Waals surface area contributed by atoms with Gasteiger partial charge in [0.05, 0.1) is 23.3 Å². The number of piperidine rings is 1. The highest BCUT2D eigenvalue weighted by Crippen LogP contribution is 2.37. The molecular weight excluding hydrogens is 430 g/mol. The van der Waals surface area contributed by atoms with Crippen molar-refractivity contribution in [3.05, 3.63) is 63.4 Å². The SMILES string of the molecule is Cc1cc(-c2c(C)nn(C)c2C)c2nc(N3CCCCC3)n(Cc3ccc(C)c(Cl)c3)c2c1. The molecule has 1 aliphatic heterocycles. The smallest absolute Gasteiger partial charge is 0.206 e. The number of rotatable bonds is 4. The van der Waals surface area contributed by atoms with Gasteiger partial charge in [0.2, 0.25) is 5.95 Å². The number of hydrogen-bond donors (Lipinski definition) is 0. The molecule has 33 heavy (non-hydrogen) atoms. The van der Waals surface area contributed by atoms with E-state index in [0.717, 1.165) is 47.4 Å². The summed E-state index contributed by atoms with van der Waals surface area (Å²) >= 11 is 6.48. The van der Waals surface area contributed by atoms with Crippen molar-refractivity contribution in [1.82, 2.24) is 19.3 Å². The summed E-state index contributed by atoms with van der Waals surface area (Å²) in [5.74, 6) is 1.06. The lowest BCUT2D eigenvalue weighted by molar-refractivity contribution is 0.560. The molecule has 0 unspecified atom stereocenters. The van der Waals surface area contributed by atoms with E-state index < -0.39 is 0 Å². The van der Waals surface area contributed by atoms with E-state index in [1.165, 1.54) is 52.7 Å². The van der Waals surface area contributed by atoms with Crippen LogP contribution in [-0.2, 0) is 13.6 Å². The van der Waals surface area contributed by atoms with E-state index in [4.69, 9.17) is 16.6 Å². The highest BCUT2D eigenvalue weighted by atomic mass is 35.5. The second-order valence-electron chi connectivity index (χ2n) is 9.48. The summed E-state index contributed by atoms with van der Waals surface area (Å²) in [5, 5.41) is 5.50. The molecule has 2 aromatic carbocycles. The molecule has 5 nitrogen and oxygen atoms in total. The maximum atomic E-state index is 6.48. The van der Waals surface area contributed by atoms with E-state index in [1.807, 2.05) is 18.7 Å². The number of aromatic nitrogens is 4. The van der Waals surface area contributed by atoms with E-state index in [-0.39, 0.29) is 0 Å². The van der Waals surface area contributed by atoms with E-state index in [9.17, 15) is 0 Å². The second-order valence-corrected chi connectivity index (χ2v) is 9.89. The molecule has 0 spiro atoms. The molecule has 0 radical (unpaired) electrons. The van der Waals surface area contributed by atoms with Crippen molar-refractivity contribution < 1.29 is 0 Å². The van der Waals surface area contributed by atoms with Crippen LogP contribution < -0.4 is 4.90 Å². The molecule has 0 bridgehead atoms. The van der Waals surface area contributed by atoms with Crippen LogP contribution in [-0.4, -0.2) is 32.4 Å². The van der Waals surface area contributed by atoms with Crippen LogP contribution in [0, 0.1) is 27.7 Å². The van der Waals surface area contributed by atoms with Crippen molar-refractivity contribution in [2.75, 3.05) is 18.0 Å². The summed E-state index contributed by atoms with van der Waals surface area (Å²) < 4.78 is 4.36. The zero-order valence-corrected chi connectivity index (χ0v) is 21.0. The lowest BCUT2D eigenvalue weighted by Crippen LogP contribution is -2.32. The number of fused-ring (bicyclic) bond motifs is 1. The lowest BCUT2D eigenvalue weighted by atomic mass is 10.00. The molecular formula is C27H32ClN5.